The van der Waals surface area contributed by atoms with Crippen LogP contribution in [0.3, 0.4) is 0 Å². The lowest BCUT2D eigenvalue weighted by Gasteiger charge is -2.12. The van der Waals surface area contributed by atoms with Crippen LogP contribution in [0, 0.1) is 0 Å². The number of carbonyl (C=O) groups excluding carboxylic acids is 1. The fraction of sp³-hybridized carbons (Fsp3) is 0.211. The smallest absolute Gasteiger partial charge is 0.221 e. The van der Waals surface area contributed by atoms with Crippen molar-refractivity contribution in [2.75, 3.05) is 24.4 Å². The second-order valence-electron chi connectivity index (χ2n) is 5.20. The summed E-state index contributed by atoms with van der Waals surface area (Å²) in [5, 5.41) is 6.07. The highest BCUT2D eigenvalue weighted by molar-refractivity contribution is 5.88. The minimum absolute atomic E-state index is 0.0819. The number of hydrogen-bond acceptors (Lipinski definition) is 4. The summed E-state index contributed by atoms with van der Waals surface area (Å²) in [6, 6.07) is 13.4. The molecule has 5 nitrogen and oxygen atoms in total. The largest absolute Gasteiger partial charge is 0.493 e. The van der Waals surface area contributed by atoms with Crippen molar-refractivity contribution in [2.45, 2.75) is 13.5 Å². The van der Waals surface area contributed by atoms with Gasteiger partial charge in [0, 0.05) is 24.8 Å². The maximum absolute atomic E-state index is 11.0. The Morgan fingerprint density at radius 3 is 2.46 bits per heavy atom. The molecule has 2 aromatic rings. The Morgan fingerprint density at radius 1 is 1.12 bits per heavy atom. The summed E-state index contributed by atoms with van der Waals surface area (Å²) in [4.78, 5) is 11.0. The Morgan fingerprint density at radius 2 is 1.83 bits per heavy atom. The molecule has 2 N–H and O–H groups in total. The zero-order chi connectivity index (χ0) is 17.4. The lowest BCUT2D eigenvalue weighted by molar-refractivity contribution is -0.114. The van der Waals surface area contributed by atoms with Crippen molar-refractivity contribution in [1.29, 1.82) is 0 Å². The molecular formula is C19H22N2O3. The monoisotopic (exact) mass is 326 g/mol. The normalized spacial score (nSPS) is 9.92. The number of nitrogens with one attached hydrogen (secondary N) is 2. The maximum atomic E-state index is 11.0. The predicted octanol–water partition coefficient (Wildman–Crippen LogP) is 3.83. The first-order chi connectivity index (χ1) is 11.6. The number of amides is 1. The van der Waals surface area contributed by atoms with Crippen LogP contribution < -0.4 is 20.1 Å². The molecule has 24 heavy (non-hydrogen) atoms. The second-order valence-corrected chi connectivity index (χ2v) is 5.20. The summed E-state index contributed by atoms with van der Waals surface area (Å²) in [6.45, 7) is 6.21. The first-order valence-corrected chi connectivity index (χ1v) is 7.64. The van der Waals surface area contributed by atoms with E-state index in [2.05, 4.69) is 17.2 Å². The standard InChI is InChI=1S/C19H22N2O3/c1-4-11-24-18-10-5-15(12-19(18)23-3)13-20-16-6-8-17(9-7-16)21-14(2)22/h4-10,12,20H,1,11,13H2,2-3H3,(H,21,22). The van der Waals surface area contributed by atoms with Crippen molar-refractivity contribution in [3.05, 3.63) is 60.7 Å². The van der Waals surface area contributed by atoms with E-state index in [4.69, 9.17) is 9.47 Å². The highest BCUT2D eigenvalue weighted by atomic mass is 16.5. The fourth-order valence-electron chi connectivity index (χ4n) is 2.17. The van der Waals surface area contributed by atoms with Gasteiger partial charge in [-0.15, -0.1) is 0 Å². The van der Waals surface area contributed by atoms with Gasteiger partial charge < -0.3 is 20.1 Å². The van der Waals surface area contributed by atoms with Crippen molar-refractivity contribution in [1.82, 2.24) is 0 Å². The number of hydrogen-bond donors (Lipinski definition) is 2. The van der Waals surface area contributed by atoms with Crippen LogP contribution in [0.5, 0.6) is 11.5 Å². The fourth-order valence-corrected chi connectivity index (χ4v) is 2.17. The van der Waals surface area contributed by atoms with Gasteiger partial charge in [-0.05, 0) is 42.0 Å². The summed E-state index contributed by atoms with van der Waals surface area (Å²) in [7, 11) is 1.62. The SMILES string of the molecule is C=CCOc1ccc(CNc2ccc(NC(C)=O)cc2)cc1OC. The first kappa shape index (κ1) is 17.4. The van der Waals surface area contributed by atoms with Gasteiger partial charge in [0.15, 0.2) is 11.5 Å². The predicted molar refractivity (Wildman–Crippen MR) is 96.8 cm³/mol. The van der Waals surface area contributed by atoms with E-state index in [1.54, 1.807) is 13.2 Å². The van der Waals surface area contributed by atoms with Gasteiger partial charge in [-0.2, -0.15) is 0 Å². The Balaban J connectivity index is 1.98. The van der Waals surface area contributed by atoms with Crippen molar-refractivity contribution >= 4 is 17.3 Å². The Labute approximate surface area is 142 Å². The summed E-state index contributed by atoms with van der Waals surface area (Å²) < 4.78 is 10.9. The molecule has 1 amide bonds. The minimum atomic E-state index is -0.0819. The van der Waals surface area contributed by atoms with Gasteiger partial charge in [-0.1, -0.05) is 18.7 Å². The third-order valence-electron chi connectivity index (χ3n) is 3.29. The number of carbonyl (C=O) groups is 1. The molecule has 5 heteroatoms. The van der Waals surface area contributed by atoms with Crippen molar-refractivity contribution in [3.8, 4) is 11.5 Å². The van der Waals surface area contributed by atoms with Crippen LogP contribution in [-0.2, 0) is 11.3 Å². The lowest BCUT2D eigenvalue weighted by Crippen LogP contribution is -2.06. The van der Waals surface area contributed by atoms with E-state index in [1.807, 2.05) is 42.5 Å². The molecule has 0 aromatic heterocycles. The zero-order valence-corrected chi connectivity index (χ0v) is 14.0. The van der Waals surface area contributed by atoms with E-state index in [-0.39, 0.29) is 5.91 Å². The second kappa shape index (κ2) is 8.62. The summed E-state index contributed by atoms with van der Waals surface area (Å²) in [5.74, 6) is 1.31. The number of methoxy groups -OCH3 is 1. The third kappa shape index (κ3) is 5.05. The van der Waals surface area contributed by atoms with E-state index in [0.29, 0.717) is 24.7 Å². The van der Waals surface area contributed by atoms with E-state index in [0.717, 1.165) is 16.9 Å². The molecule has 0 heterocycles. The summed E-state index contributed by atoms with van der Waals surface area (Å²) in [5.41, 5.74) is 2.82. The van der Waals surface area contributed by atoms with Crippen LogP contribution in [0.15, 0.2) is 55.1 Å². The molecular weight excluding hydrogens is 304 g/mol. The Bertz CT molecular complexity index is 696. The Hall–Kier alpha value is -2.95. The highest BCUT2D eigenvalue weighted by Crippen LogP contribution is 2.28. The van der Waals surface area contributed by atoms with Crippen LogP contribution in [0.25, 0.3) is 0 Å². The molecule has 0 aliphatic carbocycles. The molecule has 0 radical (unpaired) electrons. The number of anilines is 2. The molecule has 0 fully saturated rings. The first-order valence-electron chi connectivity index (χ1n) is 7.64. The molecule has 2 aromatic carbocycles. The minimum Gasteiger partial charge on any atom is -0.493 e. The topological polar surface area (TPSA) is 59.6 Å². The number of benzene rings is 2. The van der Waals surface area contributed by atoms with Gasteiger partial charge in [0.1, 0.15) is 6.61 Å². The lowest BCUT2D eigenvalue weighted by atomic mass is 10.2. The highest BCUT2D eigenvalue weighted by Gasteiger charge is 2.05. The summed E-state index contributed by atoms with van der Waals surface area (Å²) in [6.07, 6.45) is 1.69. The molecule has 0 atom stereocenters. The van der Waals surface area contributed by atoms with Gasteiger partial charge >= 0.3 is 0 Å². The van der Waals surface area contributed by atoms with Gasteiger partial charge in [0.05, 0.1) is 7.11 Å². The summed E-state index contributed by atoms with van der Waals surface area (Å²) >= 11 is 0. The van der Waals surface area contributed by atoms with Crippen LogP contribution in [0.1, 0.15) is 12.5 Å². The van der Waals surface area contributed by atoms with Crippen LogP contribution in [0.2, 0.25) is 0 Å². The van der Waals surface area contributed by atoms with E-state index in [1.165, 1.54) is 6.92 Å². The number of ether oxygens (including phenoxy) is 2. The van der Waals surface area contributed by atoms with Crippen LogP contribution in [0.4, 0.5) is 11.4 Å². The Kier molecular flexibility index (Phi) is 6.25. The van der Waals surface area contributed by atoms with E-state index >= 15 is 0 Å². The van der Waals surface area contributed by atoms with Crippen molar-refractivity contribution < 1.29 is 14.3 Å². The number of rotatable bonds is 8. The molecule has 0 unspecified atom stereocenters. The third-order valence-corrected chi connectivity index (χ3v) is 3.29. The molecule has 0 saturated carbocycles. The van der Waals surface area contributed by atoms with Gasteiger partial charge in [0.25, 0.3) is 0 Å². The van der Waals surface area contributed by atoms with Crippen LogP contribution in [-0.4, -0.2) is 19.6 Å². The quantitative estimate of drug-likeness (QED) is 0.724. The van der Waals surface area contributed by atoms with Crippen molar-refractivity contribution in [3.63, 3.8) is 0 Å². The van der Waals surface area contributed by atoms with Gasteiger partial charge in [0.2, 0.25) is 5.91 Å². The average Bonchev–Trinajstić information content (AvgIpc) is 2.59. The molecule has 126 valence electrons. The molecule has 0 bridgehead atoms. The van der Waals surface area contributed by atoms with Crippen LogP contribution >= 0.6 is 0 Å². The molecule has 0 spiro atoms. The maximum Gasteiger partial charge on any atom is 0.221 e. The van der Waals surface area contributed by atoms with Crippen molar-refractivity contribution in [2.24, 2.45) is 0 Å². The molecule has 0 aliphatic rings. The molecule has 0 saturated heterocycles. The van der Waals surface area contributed by atoms with E-state index < -0.39 is 0 Å². The van der Waals surface area contributed by atoms with Gasteiger partial charge in [-0.25, -0.2) is 0 Å². The molecule has 2 rings (SSSR count). The zero-order valence-electron chi connectivity index (χ0n) is 14.0. The average molecular weight is 326 g/mol. The van der Waals surface area contributed by atoms with Gasteiger partial charge in [-0.3, -0.25) is 4.79 Å². The van der Waals surface area contributed by atoms with E-state index in [9.17, 15) is 4.79 Å². The molecule has 0 aliphatic heterocycles.